The Kier molecular flexibility index (Phi) is 8.78. The number of anilines is 1. The first-order chi connectivity index (χ1) is 15.1. The number of amides is 1. The van der Waals surface area contributed by atoms with Crippen molar-refractivity contribution in [1.82, 2.24) is 14.8 Å². The van der Waals surface area contributed by atoms with E-state index in [1.54, 1.807) is 4.57 Å². The Labute approximate surface area is 192 Å². The number of carbonyl (C=O) groups excluding carboxylic acids is 4. The Morgan fingerprint density at radius 2 is 1.72 bits per heavy atom. The Morgan fingerprint density at radius 1 is 1.06 bits per heavy atom. The first-order valence-corrected chi connectivity index (χ1v) is 11.2. The highest BCUT2D eigenvalue weighted by Crippen LogP contribution is 2.35. The van der Waals surface area contributed by atoms with E-state index in [0.29, 0.717) is 5.16 Å². The highest BCUT2D eigenvalue weighted by Gasteiger charge is 2.30. The lowest BCUT2D eigenvalue weighted by Gasteiger charge is -2.08. The number of carbonyl (C=O) groups is 4. The summed E-state index contributed by atoms with van der Waals surface area (Å²) in [6.45, 7) is 3.97. The number of thioether (sulfide) groups is 1. The van der Waals surface area contributed by atoms with Gasteiger partial charge in [0.1, 0.15) is 15.7 Å². The minimum Gasteiger partial charge on any atom is -0.469 e. The fourth-order valence-corrected chi connectivity index (χ4v) is 4.62. The van der Waals surface area contributed by atoms with Crippen LogP contribution in [0, 0.1) is 0 Å². The Morgan fingerprint density at radius 3 is 2.25 bits per heavy atom. The van der Waals surface area contributed by atoms with Crippen LogP contribution in [0.4, 0.5) is 5.00 Å². The standard InChI is InChI=1S/C19H24N4O7S2/c1-9(2)15-21-22-19(23(15)3)31-8-11(24)20-16-13(17(26)29-5)10(7-12(25)28-4)14(32-16)18(27)30-6/h9H,7-8H2,1-6H3,(H,20,24). The zero-order chi connectivity index (χ0) is 24.0. The first-order valence-electron chi connectivity index (χ1n) is 9.35. The molecule has 0 bridgehead atoms. The highest BCUT2D eigenvalue weighted by atomic mass is 32.2. The normalized spacial score (nSPS) is 10.7. The highest BCUT2D eigenvalue weighted by molar-refractivity contribution is 7.99. The van der Waals surface area contributed by atoms with Gasteiger partial charge in [0.2, 0.25) is 5.91 Å². The summed E-state index contributed by atoms with van der Waals surface area (Å²) in [7, 11) is 5.32. The molecular formula is C19H24N4O7S2. The number of thiophene rings is 1. The molecule has 32 heavy (non-hydrogen) atoms. The fraction of sp³-hybridized carbons (Fsp3) is 0.474. The van der Waals surface area contributed by atoms with Gasteiger partial charge in [0.15, 0.2) is 5.16 Å². The molecule has 2 aromatic rings. The lowest BCUT2D eigenvalue weighted by atomic mass is 10.1. The summed E-state index contributed by atoms with van der Waals surface area (Å²) in [5, 5.41) is 11.4. The average molecular weight is 485 g/mol. The van der Waals surface area contributed by atoms with Gasteiger partial charge < -0.3 is 24.1 Å². The summed E-state index contributed by atoms with van der Waals surface area (Å²) < 4.78 is 16.0. The van der Waals surface area contributed by atoms with Crippen LogP contribution in [0.1, 0.15) is 51.2 Å². The first kappa shape index (κ1) is 25.3. The Bertz CT molecular complexity index is 1030. The van der Waals surface area contributed by atoms with Gasteiger partial charge in [-0.25, -0.2) is 9.59 Å². The zero-order valence-electron chi connectivity index (χ0n) is 18.5. The number of hydrogen-bond donors (Lipinski definition) is 1. The molecule has 11 nitrogen and oxygen atoms in total. The van der Waals surface area contributed by atoms with Crippen molar-refractivity contribution in [3.05, 3.63) is 21.8 Å². The van der Waals surface area contributed by atoms with E-state index in [-0.39, 0.29) is 39.1 Å². The summed E-state index contributed by atoms with van der Waals surface area (Å²) in [5.41, 5.74) is -0.0271. The molecule has 13 heteroatoms. The molecule has 0 aliphatic carbocycles. The minimum absolute atomic E-state index is 0.00358. The van der Waals surface area contributed by atoms with Crippen LogP contribution in [0.15, 0.2) is 5.16 Å². The SMILES string of the molecule is COC(=O)Cc1c(C(=O)OC)sc(NC(=O)CSc2nnc(C(C)C)n2C)c1C(=O)OC. The summed E-state index contributed by atoms with van der Waals surface area (Å²) in [6, 6.07) is 0. The molecule has 0 radical (unpaired) electrons. The number of rotatable bonds is 9. The lowest BCUT2D eigenvalue weighted by Crippen LogP contribution is -2.17. The van der Waals surface area contributed by atoms with E-state index in [2.05, 4.69) is 20.3 Å². The molecule has 0 saturated carbocycles. The summed E-state index contributed by atoms with van der Waals surface area (Å²) >= 11 is 1.99. The molecule has 0 saturated heterocycles. The van der Waals surface area contributed by atoms with Crippen molar-refractivity contribution in [3.8, 4) is 0 Å². The maximum absolute atomic E-state index is 12.6. The number of nitrogens with one attached hydrogen (secondary N) is 1. The van der Waals surface area contributed by atoms with E-state index in [4.69, 9.17) is 9.47 Å². The maximum atomic E-state index is 12.6. The zero-order valence-corrected chi connectivity index (χ0v) is 20.1. The molecule has 1 N–H and O–H groups in total. The Balaban J connectivity index is 2.31. The van der Waals surface area contributed by atoms with Gasteiger partial charge in [-0.2, -0.15) is 0 Å². The van der Waals surface area contributed by atoms with Crippen LogP contribution >= 0.6 is 23.1 Å². The second-order valence-corrected chi connectivity index (χ2v) is 8.70. The number of hydrogen-bond acceptors (Lipinski definition) is 11. The second-order valence-electron chi connectivity index (χ2n) is 6.74. The van der Waals surface area contributed by atoms with Crippen molar-refractivity contribution in [2.45, 2.75) is 31.3 Å². The van der Waals surface area contributed by atoms with E-state index in [1.807, 2.05) is 20.9 Å². The number of esters is 3. The number of methoxy groups -OCH3 is 3. The van der Waals surface area contributed by atoms with Gasteiger partial charge in [-0.15, -0.1) is 21.5 Å². The lowest BCUT2D eigenvalue weighted by molar-refractivity contribution is -0.139. The monoisotopic (exact) mass is 484 g/mol. The molecule has 0 aliphatic rings. The van der Waals surface area contributed by atoms with Gasteiger partial charge in [-0.3, -0.25) is 9.59 Å². The van der Waals surface area contributed by atoms with E-state index >= 15 is 0 Å². The quantitative estimate of drug-likeness (QED) is 0.319. The fourth-order valence-electron chi connectivity index (χ4n) is 2.76. The van der Waals surface area contributed by atoms with Crippen molar-refractivity contribution in [2.24, 2.45) is 7.05 Å². The molecule has 2 aromatic heterocycles. The molecule has 0 fully saturated rings. The van der Waals surface area contributed by atoms with Crippen molar-refractivity contribution < 1.29 is 33.4 Å². The maximum Gasteiger partial charge on any atom is 0.348 e. The average Bonchev–Trinajstić information content (AvgIpc) is 3.31. The van der Waals surface area contributed by atoms with Crippen molar-refractivity contribution in [2.75, 3.05) is 32.4 Å². The van der Waals surface area contributed by atoms with Gasteiger partial charge >= 0.3 is 17.9 Å². The number of nitrogens with zero attached hydrogens (tertiary/aromatic N) is 3. The van der Waals surface area contributed by atoms with Gasteiger partial charge in [0, 0.05) is 18.5 Å². The third-order valence-electron chi connectivity index (χ3n) is 4.29. The molecule has 2 heterocycles. The van der Waals surface area contributed by atoms with Crippen molar-refractivity contribution >= 4 is 51.9 Å². The molecule has 0 unspecified atom stereocenters. The molecule has 0 spiro atoms. The molecule has 2 rings (SSSR count). The van der Waals surface area contributed by atoms with Crippen LogP contribution in [0.2, 0.25) is 0 Å². The third-order valence-corrected chi connectivity index (χ3v) is 6.43. The number of ether oxygens (including phenoxy) is 3. The Hall–Kier alpha value is -2.93. The van der Waals surface area contributed by atoms with E-state index < -0.39 is 23.8 Å². The molecular weight excluding hydrogens is 460 g/mol. The third kappa shape index (κ3) is 5.65. The van der Waals surface area contributed by atoms with Crippen LogP contribution in [-0.2, 0) is 37.3 Å². The van der Waals surface area contributed by atoms with E-state index in [0.717, 1.165) is 24.3 Å². The van der Waals surface area contributed by atoms with Crippen LogP contribution in [-0.4, -0.2) is 65.7 Å². The van der Waals surface area contributed by atoms with Crippen molar-refractivity contribution in [3.63, 3.8) is 0 Å². The predicted molar refractivity (Wildman–Crippen MR) is 117 cm³/mol. The largest absolute Gasteiger partial charge is 0.469 e. The molecule has 1 amide bonds. The molecule has 0 atom stereocenters. The molecule has 174 valence electrons. The van der Waals surface area contributed by atoms with Crippen LogP contribution in [0.3, 0.4) is 0 Å². The summed E-state index contributed by atoms with van der Waals surface area (Å²) in [5.74, 6) is -1.75. The second kappa shape index (κ2) is 11.1. The van der Waals surface area contributed by atoms with Gasteiger partial charge in [0.05, 0.1) is 39.1 Å². The molecule has 0 aromatic carbocycles. The van der Waals surface area contributed by atoms with Gasteiger partial charge in [-0.1, -0.05) is 25.6 Å². The van der Waals surface area contributed by atoms with E-state index in [9.17, 15) is 19.2 Å². The van der Waals surface area contributed by atoms with Gasteiger partial charge in [0.25, 0.3) is 0 Å². The topological polar surface area (TPSA) is 139 Å². The van der Waals surface area contributed by atoms with Crippen LogP contribution < -0.4 is 5.32 Å². The van der Waals surface area contributed by atoms with Crippen molar-refractivity contribution in [1.29, 1.82) is 0 Å². The minimum atomic E-state index is -0.812. The molecule has 0 aliphatic heterocycles. The van der Waals surface area contributed by atoms with Crippen LogP contribution in [0.25, 0.3) is 0 Å². The van der Waals surface area contributed by atoms with E-state index in [1.165, 1.54) is 26.0 Å². The summed E-state index contributed by atoms with van der Waals surface area (Å²) in [6.07, 6.45) is -0.372. The number of aromatic nitrogens is 3. The predicted octanol–water partition coefficient (Wildman–Crippen LogP) is 2.02. The smallest absolute Gasteiger partial charge is 0.348 e. The summed E-state index contributed by atoms with van der Waals surface area (Å²) in [4.78, 5) is 49.1. The van der Waals surface area contributed by atoms with Gasteiger partial charge in [-0.05, 0) is 0 Å². The van der Waals surface area contributed by atoms with Crippen LogP contribution in [0.5, 0.6) is 0 Å².